The molecule has 0 atom stereocenters. The van der Waals surface area contributed by atoms with Crippen LogP contribution in [0.5, 0.6) is 0 Å². The van der Waals surface area contributed by atoms with Gasteiger partial charge in [-0.15, -0.1) is 0 Å². The van der Waals surface area contributed by atoms with E-state index in [2.05, 4.69) is 15.9 Å². The number of nitriles is 2. The summed E-state index contributed by atoms with van der Waals surface area (Å²) in [5, 5.41) is 16.9. The highest BCUT2D eigenvalue weighted by Gasteiger charge is 2.08. The number of rotatable bonds is 4. The molecule has 0 amide bonds. The molecule has 0 aliphatic rings. The third kappa shape index (κ3) is 3.05. The van der Waals surface area contributed by atoms with Crippen molar-refractivity contribution >= 4 is 15.9 Å². The first-order valence-corrected chi connectivity index (χ1v) is 5.64. The summed E-state index contributed by atoms with van der Waals surface area (Å²) in [4.78, 5) is 23.5. The summed E-state index contributed by atoms with van der Waals surface area (Å²) in [6.45, 7) is 0.279. The number of aromatic nitrogens is 2. The van der Waals surface area contributed by atoms with Gasteiger partial charge in [-0.2, -0.15) is 10.5 Å². The average Bonchev–Trinajstić information content (AvgIpc) is 2.32. The third-order valence-electron chi connectivity index (χ3n) is 2.11. The fourth-order valence-corrected chi connectivity index (χ4v) is 1.77. The van der Waals surface area contributed by atoms with Crippen LogP contribution in [0.2, 0.25) is 0 Å². The molecular weight excluding hydrogens is 288 g/mol. The van der Waals surface area contributed by atoms with Crippen molar-refractivity contribution in [2.45, 2.75) is 25.9 Å². The zero-order valence-electron chi connectivity index (χ0n) is 8.89. The summed E-state index contributed by atoms with van der Waals surface area (Å²) in [6, 6.07) is 3.80. The standard InChI is InChI=1S/C10H9BrN4O2/c11-8-7-14(5-1-3-12)10(17)15(9(8)16)6-2-4-13/h7H,1-2,5-6H2. The predicted molar refractivity (Wildman–Crippen MR) is 63.1 cm³/mol. The number of aryl methyl sites for hydroxylation is 1. The highest BCUT2D eigenvalue weighted by molar-refractivity contribution is 9.10. The van der Waals surface area contributed by atoms with E-state index >= 15 is 0 Å². The van der Waals surface area contributed by atoms with Gasteiger partial charge in [0.25, 0.3) is 5.56 Å². The first-order valence-electron chi connectivity index (χ1n) is 4.85. The van der Waals surface area contributed by atoms with Crippen molar-refractivity contribution in [3.8, 4) is 12.1 Å². The van der Waals surface area contributed by atoms with E-state index in [-0.39, 0.29) is 30.4 Å². The summed E-state index contributed by atoms with van der Waals surface area (Å²) < 4.78 is 2.52. The molecule has 7 heteroatoms. The summed E-state index contributed by atoms with van der Waals surface area (Å²) >= 11 is 3.06. The molecular formula is C10H9BrN4O2. The molecule has 1 heterocycles. The molecule has 0 radical (unpaired) electrons. The van der Waals surface area contributed by atoms with Crippen LogP contribution in [0.4, 0.5) is 0 Å². The molecule has 0 bridgehead atoms. The number of nitrogens with zero attached hydrogens (tertiary/aromatic N) is 4. The van der Waals surface area contributed by atoms with Crippen LogP contribution in [-0.4, -0.2) is 9.13 Å². The van der Waals surface area contributed by atoms with Crippen molar-refractivity contribution < 1.29 is 0 Å². The Balaban J connectivity index is 3.25. The molecule has 0 unspecified atom stereocenters. The Morgan fingerprint density at radius 2 is 1.76 bits per heavy atom. The minimum Gasteiger partial charge on any atom is -0.298 e. The summed E-state index contributed by atoms with van der Waals surface area (Å²) in [7, 11) is 0. The molecule has 6 nitrogen and oxygen atoms in total. The fourth-order valence-electron chi connectivity index (χ4n) is 1.31. The molecule has 1 rings (SSSR count). The van der Waals surface area contributed by atoms with E-state index in [0.717, 1.165) is 4.57 Å². The van der Waals surface area contributed by atoms with E-state index < -0.39 is 11.2 Å². The molecule has 0 spiro atoms. The van der Waals surface area contributed by atoms with E-state index in [1.165, 1.54) is 10.8 Å². The van der Waals surface area contributed by atoms with E-state index in [4.69, 9.17) is 10.5 Å². The maximum Gasteiger partial charge on any atom is 0.331 e. The zero-order chi connectivity index (χ0) is 12.8. The Hall–Kier alpha value is -1.86. The summed E-state index contributed by atoms with van der Waals surface area (Å²) in [5.74, 6) is 0. The second-order valence-electron chi connectivity index (χ2n) is 3.23. The molecule has 0 aliphatic heterocycles. The molecule has 0 N–H and O–H groups in total. The molecule has 0 aromatic carbocycles. The molecule has 1 aromatic heterocycles. The number of hydrogen-bond acceptors (Lipinski definition) is 4. The van der Waals surface area contributed by atoms with Gasteiger partial charge in [0.1, 0.15) is 0 Å². The van der Waals surface area contributed by atoms with Crippen molar-refractivity contribution in [3.05, 3.63) is 31.5 Å². The van der Waals surface area contributed by atoms with Crippen LogP contribution in [0.3, 0.4) is 0 Å². The minimum absolute atomic E-state index is 0.0557. The smallest absolute Gasteiger partial charge is 0.298 e. The monoisotopic (exact) mass is 296 g/mol. The van der Waals surface area contributed by atoms with Crippen molar-refractivity contribution in [1.29, 1.82) is 10.5 Å². The average molecular weight is 297 g/mol. The first kappa shape index (κ1) is 13.2. The van der Waals surface area contributed by atoms with Gasteiger partial charge >= 0.3 is 5.69 Å². The molecule has 1 aromatic rings. The highest BCUT2D eigenvalue weighted by Crippen LogP contribution is 2.00. The van der Waals surface area contributed by atoms with Crippen LogP contribution >= 0.6 is 15.9 Å². The van der Waals surface area contributed by atoms with Crippen molar-refractivity contribution in [2.75, 3.05) is 0 Å². The Labute approximate surface area is 105 Å². The maximum absolute atomic E-state index is 11.8. The minimum atomic E-state index is -0.497. The zero-order valence-corrected chi connectivity index (χ0v) is 10.5. The van der Waals surface area contributed by atoms with E-state index in [1.807, 2.05) is 12.1 Å². The molecule has 0 aliphatic carbocycles. The molecule has 0 fully saturated rings. The first-order chi connectivity index (χ1) is 8.11. The van der Waals surface area contributed by atoms with Gasteiger partial charge in [-0.1, -0.05) is 0 Å². The van der Waals surface area contributed by atoms with Crippen molar-refractivity contribution in [3.63, 3.8) is 0 Å². The van der Waals surface area contributed by atoms with Crippen LogP contribution in [0, 0.1) is 22.7 Å². The fraction of sp³-hybridized carbons (Fsp3) is 0.400. The van der Waals surface area contributed by atoms with Gasteiger partial charge in [-0.25, -0.2) is 4.79 Å². The van der Waals surface area contributed by atoms with Crippen LogP contribution in [0.1, 0.15) is 12.8 Å². The molecule has 88 valence electrons. The number of hydrogen-bond donors (Lipinski definition) is 0. The second kappa shape index (κ2) is 6.02. The predicted octanol–water partition coefficient (Wildman–Crippen LogP) is 0.600. The molecule has 0 saturated carbocycles. The van der Waals surface area contributed by atoms with Gasteiger partial charge in [0.15, 0.2) is 0 Å². The van der Waals surface area contributed by atoms with Gasteiger partial charge in [0.2, 0.25) is 0 Å². The Kier molecular flexibility index (Phi) is 4.68. The lowest BCUT2D eigenvalue weighted by Gasteiger charge is -2.08. The van der Waals surface area contributed by atoms with Crippen molar-refractivity contribution in [2.24, 2.45) is 0 Å². The lowest BCUT2D eigenvalue weighted by atomic mass is 10.4. The van der Waals surface area contributed by atoms with Gasteiger partial charge in [0.05, 0.1) is 29.5 Å². The van der Waals surface area contributed by atoms with Gasteiger partial charge < -0.3 is 0 Å². The number of halogens is 1. The van der Waals surface area contributed by atoms with E-state index in [1.54, 1.807) is 0 Å². The van der Waals surface area contributed by atoms with Crippen LogP contribution < -0.4 is 11.2 Å². The Bertz CT molecular complexity index is 603. The van der Waals surface area contributed by atoms with Crippen LogP contribution in [0.15, 0.2) is 20.3 Å². The van der Waals surface area contributed by atoms with Gasteiger partial charge in [0, 0.05) is 19.3 Å². The second-order valence-corrected chi connectivity index (χ2v) is 4.08. The van der Waals surface area contributed by atoms with Crippen LogP contribution in [0.25, 0.3) is 0 Å². The Morgan fingerprint density at radius 3 is 2.35 bits per heavy atom. The summed E-state index contributed by atoms with van der Waals surface area (Å²) in [6.07, 6.45) is 1.64. The normalized spacial score (nSPS) is 9.59. The largest absolute Gasteiger partial charge is 0.331 e. The van der Waals surface area contributed by atoms with Gasteiger partial charge in [-0.3, -0.25) is 13.9 Å². The SMILES string of the molecule is N#CCCn1cc(Br)c(=O)n(CCC#N)c1=O. The third-order valence-corrected chi connectivity index (χ3v) is 2.65. The summed E-state index contributed by atoms with van der Waals surface area (Å²) in [5.41, 5.74) is -0.956. The van der Waals surface area contributed by atoms with Crippen molar-refractivity contribution in [1.82, 2.24) is 9.13 Å². The molecule has 0 saturated heterocycles. The van der Waals surface area contributed by atoms with Crippen LogP contribution in [-0.2, 0) is 13.1 Å². The van der Waals surface area contributed by atoms with E-state index in [9.17, 15) is 9.59 Å². The maximum atomic E-state index is 11.8. The lowest BCUT2D eigenvalue weighted by molar-refractivity contribution is 0.557. The van der Waals surface area contributed by atoms with E-state index in [0.29, 0.717) is 0 Å². The quantitative estimate of drug-likeness (QED) is 0.813. The highest BCUT2D eigenvalue weighted by atomic mass is 79.9. The van der Waals surface area contributed by atoms with Gasteiger partial charge in [-0.05, 0) is 15.9 Å². The topological polar surface area (TPSA) is 91.6 Å². The molecule has 17 heavy (non-hydrogen) atoms. The lowest BCUT2D eigenvalue weighted by Crippen LogP contribution is -2.40. The Morgan fingerprint density at radius 1 is 1.18 bits per heavy atom.